The fraction of sp³-hybridized carbons (Fsp3) is 0.316. The maximum Gasteiger partial charge on any atom is 0.237 e. The standard InChI is InChI=1S/C19H23NO3S/c1-5-14-6-8-15(9-7-14)20-19(21)13(2)24-16-10-11-17(22-3)18(12-16)23-4/h6-13H,5H2,1-4H3,(H,20,21)/t13-/m1/s1. The number of anilines is 1. The van der Waals surface area contributed by atoms with Gasteiger partial charge in [-0.2, -0.15) is 0 Å². The van der Waals surface area contributed by atoms with Gasteiger partial charge in [-0.15, -0.1) is 11.8 Å². The summed E-state index contributed by atoms with van der Waals surface area (Å²) in [6.45, 7) is 3.99. The van der Waals surface area contributed by atoms with Gasteiger partial charge in [-0.25, -0.2) is 0 Å². The third-order valence-electron chi connectivity index (χ3n) is 3.67. The van der Waals surface area contributed by atoms with Gasteiger partial charge in [-0.3, -0.25) is 4.79 Å². The molecule has 4 nitrogen and oxygen atoms in total. The van der Waals surface area contributed by atoms with Gasteiger partial charge in [0.05, 0.1) is 19.5 Å². The van der Waals surface area contributed by atoms with Crippen molar-refractivity contribution in [2.75, 3.05) is 19.5 Å². The lowest BCUT2D eigenvalue weighted by Gasteiger charge is -2.14. The maximum atomic E-state index is 12.4. The number of methoxy groups -OCH3 is 2. The summed E-state index contributed by atoms with van der Waals surface area (Å²) in [5.41, 5.74) is 2.07. The summed E-state index contributed by atoms with van der Waals surface area (Å²) in [5, 5.41) is 2.72. The van der Waals surface area contributed by atoms with Crippen LogP contribution in [0.1, 0.15) is 19.4 Å². The molecule has 0 aliphatic carbocycles. The Balaban J connectivity index is 2.00. The van der Waals surface area contributed by atoms with E-state index in [9.17, 15) is 4.79 Å². The second-order valence-electron chi connectivity index (χ2n) is 5.32. The number of carbonyl (C=O) groups is 1. The Labute approximate surface area is 147 Å². The lowest BCUT2D eigenvalue weighted by molar-refractivity contribution is -0.115. The lowest BCUT2D eigenvalue weighted by Crippen LogP contribution is -2.22. The second-order valence-corrected chi connectivity index (χ2v) is 6.73. The summed E-state index contributed by atoms with van der Waals surface area (Å²) in [6.07, 6.45) is 0.986. The smallest absolute Gasteiger partial charge is 0.237 e. The topological polar surface area (TPSA) is 47.6 Å². The SMILES string of the molecule is CCc1ccc(NC(=O)[C@@H](C)Sc2ccc(OC)c(OC)c2)cc1. The molecule has 0 unspecified atom stereocenters. The van der Waals surface area contributed by atoms with Crippen molar-refractivity contribution in [3.8, 4) is 11.5 Å². The third-order valence-corrected chi connectivity index (χ3v) is 4.76. The largest absolute Gasteiger partial charge is 0.493 e. The molecule has 0 radical (unpaired) electrons. The van der Waals surface area contributed by atoms with Crippen LogP contribution in [0.25, 0.3) is 0 Å². The number of amides is 1. The maximum absolute atomic E-state index is 12.4. The Bertz CT molecular complexity index is 686. The van der Waals surface area contributed by atoms with Gasteiger partial charge in [0.1, 0.15) is 0 Å². The first-order chi connectivity index (χ1) is 11.6. The van der Waals surface area contributed by atoms with E-state index in [0.717, 1.165) is 17.0 Å². The fourth-order valence-corrected chi connectivity index (χ4v) is 3.11. The number of ether oxygens (including phenoxy) is 2. The number of thioether (sulfide) groups is 1. The van der Waals surface area contributed by atoms with Gasteiger partial charge in [0.2, 0.25) is 5.91 Å². The molecule has 0 fully saturated rings. The molecule has 24 heavy (non-hydrogen) atoms. The average molecular weight is 345 g/mol. The monoisotopic (exact) mass is 345 g/mol. The van der Waals surface area contributed by atoms with Gasteiger partial charge in [0.25, 0.3) is 0 Å². The number of carbonyl (C=O) groups excluding carboxylic acids is 1. The zero-order valence-corrected chi connectivity index (χ0v) is 15.3. The second kappa shape index (κ2) is 8.64. The molecule has 5 heteroatoms. The van der Waals surface area contributed by atoms with Gasteiger partial charge >= 0.3 is 0 Å². The van der Waals surface area contributed by atoms with Crippen LogP contribution in [0.5, 0.6) is 11.5 Å². The van der Waals surface area contributed by atoms with E-state index in [1.54, 1.807) is 14.2 Å². The van der Waals surface area contributed by atoms with E-state index < -0.39 is 0 Å². The molecule has 0 saturated heterocycles. The first-order valence-corrected chi connectivity index (χ1v) is 8.73. The van der Waals surface area contributed by atoms with Crippen molar-refractivity contribution in [3.63, 3.8) is 0 Å². The van der Waals surface area contributed by atoms with Crippen LogP contribution in [0.3, 0.4) is 0 Å². The molecular weight excluding hydrogens is 322 g/mol. The lowest BCUT2D eigenvalue weighted by atomic mass is 10.1. The minimum absolute atomic E-state index is 0.0287. The van der Waals surface area contributed by atoms with Crippen LogP contribution in [-0.2, 0) is 11.2 Å². The number of rotatable bonds is 7. The summed E-state index contributed by atoms with van der Waals surface area (Å²) < 4.78 is 10.5. The van der Waals surface area contributed by atoms with Gasteiger partial charge in [-0.1, -0.05) is 19.1 Å². The Morgan fingerprint density at radius 3 is 2.33 bits per heavy atom. The van der Waals surface area contributed by atoms with E-state index in [-0.39, 0.29) is 11.2 Å². The molecule has 0 aliphatic rings. The van der Waals surface area contributed by atoms with Crippen LogP contribution in [0.4, 0.5) is 5.69 Å². The molecular formula is C19H23NO3S. The highest BCUT2D eigenvalue weighted by atomic mass is 32.2. The third kappa shape index (κ3) is 4.68. The molecule has 0 spiro atoms. The molecule has 0 aliphatic heterocycles. The predicted molar refractivity (Wildman–Crippen MR) is 99.3 cm³/mol. The van der Waals surface area contributed by atoms with Crippen molar-refractivity contribution in [2.45, 2.75) is 30.4 Å². The van der Waals surface area contributed by atoms with Gasteiger partial charge in [0.15, 0.2) is 11.5 Å². The Hall–Kier alpha value is -2.14. The molecule has 2 aromatic rings. The highest BCUT2D eigenvalue weighted by Crippen LogP contribution is 2.33. The zero-order valence-electron chi connectivity index (χ0n) is 14.5. The molecule has 2 rings (SSSR count). The van der Waals surface area contributed by atoms with Crippen molar-refractivity contribution in [1.82, 2.24) is 0 Å². The highest BCUT2D eigenvalue weighted by Gasteiger charge is 2.16. The van der Waals surface area contributed by atoms with Crippen molar-refractivity contribution in [2.24, 2.45) is 0 Å². The van der Waals surface area contributed by atoms with E-state index in [1.165, 1.54) is 17.3 Å². The summed E-state index contributed by atoms with van der Waals surface area (Å²) in [7, 11) is 3.20. The zero-order chi connectivity index (χ0) is 17.5. The van der Waals surface area contributed by atoms with E-state index in [0.29, 0.717) is 11.5 Å². The number of hydrogen-bond acceptors (Lipinski definition) is 4. The number of benzene rings is 2. The van der Waals surface area contributed by atoms with Crippen molar-refractivity contribution >= 4 is 23.4 Å². The number of hydrogen-bond donors (Lipinski definition) is 1. The summed E-state index contributed by atoms with van der Waals surface area (Å²) >= 11 is 1.48. The molecule has 1 N–H and O–H groups in total. The van der Waals surface area contributed by atoms with E-state index in [2.05, 4.69) is 12.2 Å². The number of aryl methyl sites for hydroxylation is 1. The van der Waals surface area contributed by atoms with Crippen LogP contribution >= 0.6 is 11.8 Å². The molecule has 0 aromatic heterocycles. The molecule has 1 atom stereocenters. The molecule has 0 bridgehead atoms. The minimum Gasteiger partial charge on any atom is -0.493 e. The van der Waals surface area contributed by atoms with Gasteiger partial charge < -0.3 is 14.8 Å². The summed E-state index contributed by atoms with van der Waals surface area (Å²) in [4.78, 5) is 13.3. The quantitative estimate of drug-likeness (QED) is 0.756. The van der Waals surface area contributed by atoms with E-state index in [1.807, 2.05) is 49.4 Å². The van der Waals surface area contributed by atoms with Crippen molar-refractivity contribution in [1.29, 1.82) is 0 Å². The van der Waals surface area contributed by atoms with Gasteiger partial charge in [0, 0.05) is 10.6 Å². The normalized spacial score (nSPS) is 11.7. The summed E-state index contributed by atoms with van der Waals surface area (Å²) in [6, 6.07) is 13.6. The Morgan fingerprint density at radius 1 is 1.08 bits per heavy atom. The summed E-state index contributed by atoms with van der Waals surface area (Å²) in [5.74, 6) is 1.30. The van der Waals surface area contributed by atoms with Crippen LogP contribution in [0.15, 0.2) is 47.4 Å². The first-order valence-electron chi connectivity index (χ1n) is 7.85. The van der Waals surface area contributed by atoms with E-state index in [4.69, 9.17) is 9.47 Å². The van der Waals surface area contributed by atoms with Crippen LogP contribution in [-0.4, -0.2) is 25.4 Å². The minimum atomic E-state index is -0.228. The molecule has 2 aromatic carbocycles. The molecule has 0 heterocycles. The van der Waals surface area contributed by atoms with Crippen LogP contribution < -0.4 is 14.8 Å². The average Bonchev–Trinajstić information content (AvgIpc) is 2.62. The van der Waals surface area contributed by atoms with Crippen LogP contribution in [0.2, 0.25) is 0 Å². The Morgan fingerprint density at radius 2 is 1.75 bits per heavy atom. The highest BCUT2D eigenvalue weighted by molar-refractivity contribution is 8.00. The first kappa shape index (κ1) is 18.2. The van der Waals surface area contributed by atoms with Gasteiger partial charge in [-0.05, 0) is 49.2 Å². The van der Waals surface area contributed by atoms with E-state index >= 15 is 0 Å². The number of nitrogens with one attached hydrogen (secondary N) is 1. The molecule has 1 amide bonds. The van der Waals surface area contributed by atoms with Crippen LogP contribution in [0, 0.1) is 0 Å². The molecule has 128 valence electrons. The Kier molecular flexibility index (Phi) is 6.55. The van der Waals surface area contributed by atoms with Crippen molar-refractivity contribution in [3.05, 3.63) is 48.0 Å². The van der Waals surface area contributed by atoms with Crippen molar-refractivity contribution < 1.29 is 14.3 Å². The molecule has 0 saturated carbocycles. The fourth-order valence-electron chi connectivity index (χ4n) is 2.22. The predicted octanol–water partition coefficient (Wildman–Crippen LogP) is 4.39.